The van der Waals surface area contributed by atoms with E-state index >= 15 is 0 Å². The topological polar surface area (TPSA) is 67.1 Å². The van der Waals surface area contributed by atoms with Crippen LogP contribution in [0.25, 0.3) is 0 Å². The normalized spacial score (nSPS) is 20.0. The highest BCUT2D eigenvalue weighted by molar-refractivity contribution is 5.50. The third-order valence-electron chi connectivity index (χ3n) is 3.03. The molecule has 1 unspecified atom stereocenters. The van der Waals surface area contributed by atoms with Gasteiger partial charge < -0.3 is 16.0 Å². The summed E-state index contributed by atoms with van der Waals surface area (Å²) in [6, 6.07) is 2.81. The Morgan fingerprint density at radius 1 is 1.53 bits per heavy atom. The van der Waals surface area contributed by atoms with Gasteiger partial charge in [-0.1, -0.05) is 0 Å². The van der Waals surface area contributed by atoms with Crippen molar-refractivity contribution in [2.24, 2.45) is 5.73 Å². The number of nitrogens with one attached hydrogen (secondary N) is 1. The lowest BCUT2D eigenvalue weighted by molar-refractivity contribution is 0.670. The van der Waals surface area contributed by atoms with Crippen molar-refractivity contribution in [1.29, 1.82) is 0 Å². The number of rotatable bonds is 4. The molecular formula is C12H21N5. The van der Waals surface area contributed by atoms with Gasteiger partial charge in [0.25, 0.3) is 0 Å². The molecule has 5 nitrogen and oxygen atoms in total. The van der Waals surface area contributed by atoms with Gasteiger partial charge in [0.05, 0.1) is 0 Å². The van der Waals surface area contributed by atoms with E-state index in [0.29, 0.717) is 18.6 Å². The van der Waals surface area contributed by atoms with E-state index in [2.05, 4.69) is 34.0 Å². The molecule has 2 rings (SSSR count). The molecule has 0 amide bonds. The average molecular weight is 235 g/mol. The van der Waals surface area contributed by atoms with Gasteiger partial charge in [-0.3, -0.25) is 0 Å². The summed E-state index contributed by atoms with van der Waals surface area (Å²) in [4.78, 5) is 10.9. The van der Waals surface area contributed by atoms with Crippen molar-refractivity contribution >= 4 is 11.6 Å². The summed E-state index contributed by atoms with van der Waals surface area (Å²) in [7, 11) is 0. The van der Waals surface area contributed by atoms with Gasteiger partial charge in [0.2, 0.25) is 0 Å². The molecule has 0 bridgehead atoms. The summed E-state index contributed by atoms with van der Waals surface area (Å²) in [5, 5.41) is 3.29. The fourth-order valence-electron chi connectivity index (χ4n) is 2.26. The summed E-state index contributed by atoms with van der Waals surface area (Å²) in [6.07, 6.45) is 3.97. The van der Waals surface area contributed by atoms with Gasteiger partial charge in [0, 0.05) is 31.2 Å². The third kappa shape index (κ3) is 2.85. The van der Waals surface area contributed by atoms with E-state index in [9.17, 15) is 0 Å². The molecule has 1 aromatic heterocycles. The summed E-state index contributed by atoms with van der Waals surface area (Å²) in [5.74, 6) is 1.86. The first kappa shape index (κ1) is 12.1. The Balaban J connectivity index is 2.15. The van der Waals surface area contributed by atoms with Crippen LogP contribution in [-0.4, -0.2) is 35.1 Å². The highest BCUT2D eigenvalue weighted by Crippen LogP contribution is 2.24. The number of anilines is 2. The number of aromatic nitrogens is 2. The molecule has 0 radical (unpaired) electrons. The molecule has 17 heavy (non-hydrogen) atoms. The van der Waals surface area contributed by atoms with Crippen molar-refractivity contribution in [2.75, 3.05) is 23.3 Å². The Labute approximate surface area is 102 Å². The molecule has 1 aromatic rings. The lowest BCUT2D eigenvalue weighted by atomic mass is 10.2. The first-order valence-corrected chi connectivity index (χ1v) is 6.26. The fraction of sp³-hybridized carbons (Fsp3) is 0.667. The fourth-order valence-corrected chi connectivity index (χ4v) is 2.26. The maximum atomic E-state index is 5.78. The van der Waals surface area contributed by atoms with Gasteiger partial charge in [-0.25, -0.2) is 9.97 Å². The first-order valence-electron chi connectivity index (χ1n) is 6.26. The van der Waals surface area contributed by atoms with Crippen molar-refractivity contribution < 1.29 is 0 Å². The predicted molar refractivity (Wildman–Crippen MR) is 70.2 cm³/mol. The lowest BCUT2D eigenvalue weighted by Gasteiger charge is -2.24. The molecule has 1 fully saturated rings. The van der Waals surface area contributed by atoms with Crippen LogP contribution in [0.1, 0.15) is 26.7 Å². The summed E-state index contributed by atoms with van der Waals surface area (Å²) in [5.41, 5.74) is 5.78. The average Bonchev–Trinajstić information content (AvgIpc) is 2.76. The van der Waals surface area contributed by atoms with Gasteiger partial charge in [-0.15, -0.1) is 0 Å². The molecule has 94 valence electrons. The second-order valence-electron chi connectivity index (χ2n) is 4.79. The number of hydrogen-bond donors (Lipinski definition) is 2. The zero-order chi connectivity index (χ0) is 12.3. The van der Waals surface area contributed by atoms with Gasteiger partial charge >= 0.3 is 0 Å². The van der Waals surface area contributed by atoms with E-state index < -0.39 is 0 Å². The second kappa shape index (κ2) is 5.31. The Bertz CT molecular complexity index is 366. The van der Waals surface area contributed by atoms with Crippen LogP contribution < -0.4 is 16.0 Å². The summed E-state index contributed by atoms with van der Waals surface area (Å²) < 4.78 is 0. The van der Waals surface area contributed by atoms with Crippen LogP contribution in [0.2, 0.25) is 0 Å². The smallest absolute Gasteiger partial charge is 0.134 e. The first-order chi connectivity index (χ1) is 8.20. The van der Waals surface area contributed by atoms with Crippen LogP contribution in [0.5, 0.6) is 0 Å². The van der Waals surface area contributed by atoms with Crippen molar-refractivity contribution in [3.63, 3.8) is 0 Å². The Morgan fingerprint density at radius 3 is 3.06 bits per heavy atom. The zero-order valence-electron chi connectivity index (χ0n) is 10.6. The maximum Gasteiger partial charge on any atom is 0.134 e. The van der Waals surface area contributed by atoms with Crippen LogP contribution in [0.4, 0.5) is 11.6 Å². The van der Waals surface area contributed by atoms with Crippen molar-refractivity contribution in [1.82, 2.24) is 9.97 Å². The van der Waals surface area contributed by atoms with E-state index in [1.54, 1.807) is 6.33 Å². The summed E-state index contributed by atoms with van der Waals surface area (Å²) in [6.45, 7) is 5.93. The lowest BCUT2D eigenvalue weighted by Crippen LogP contribution is -2.36. The third-order valence-corrected chi connectivity index (χ3v) is 3.03. The molecule has 1 aliphatic heterocycles. The number of hydrogen-bond acceptors (Lipinski definition) is 5. The van der Waals surface area contributed by atoms with E-state index in [1.165, 1.54) is 6.42 Å². The molecule has 1 atom stereocenters. The summed E-state index contributed by atoms with van der Waals surface area (Å²) >= 11 is 0. The molecule has 0 spiro atoms. The minimum Gasteiger partial charge on any atom is -0.368 e. The molecule has 0 aliphatic carbocycles. The molecule has 3 N–H and O–H groups in total. The number of nitrogens with zero attached hydrogens (tertiary/aromatic N) is 3. The minimum absolute atomic E-state index is 0.377. The molecule has 1 saturated heterocycles. The monoisotopic (exact) mass is 235 g/mol. The van der Waals surface area contributed by atoms with Crippen molar-refractivity contribution in [3.8, 4) is 0 Å². The SMILES string of the molecule is CC(C)Nc1cc(N2CCCC2CN)ncn1. The molecule has 0 aromatic carbocycles. The minimum atomic E-state index is 0.377. The molecule has 2 heterocycles. The van der Waals surface area contributed by atoms with Crippen LogP contribution in [-0.2, 0) is 0 Å². The number of nitrogens with two attached hydrogens (primary N) is 1. The second-order valence-corrected chi connectivity index (χ2v) is 4.79. The largest absolute Gasteiger partial charge is 0.368 e. The van der Waals surface area contributed by atoms with Crippen LogP contribution in [0.15, 0.2) is 12.4 Å². The maximum absolute atomic E-state index is 5.78. The van der Waals surface area contributed by atoms with E-state index in [0.717, 1.165) is 24.6 Å². The molecule has 0 saturated carbocycles. The van der Waals surface area contributed by atoms with Gasteiger partial charge in [-0.05, 0) is 26.7 Å². The Morgan fingerprint density at radius 2 is 2.35 bits per heavy atom. The van der Waals surface area contributed by atoms with Gasteiger partial charge in [0.15, 0.2) is 0 Å². The molecule has 1 aliphatic rings. The van der Waals surface area contributed by atoms with Gasteiger partial charge in [-0.2, -0.15) is 0 Å². The van der Waals surface area contributed by atoms with Crippen LogP contribution >= 0.6 is 0 Å². The molecular weight excluding hydrogens is 214 g/mol. The van der Waals surface area contributed by atoms with Crippen molar-refractivity contribution in [3.05, 3.63) is 12.4 Å². The van der Waals surface area contributed by atoms with Gasteiger partial charge in [0.1, 0.15) is 18.0 Å². The van der Waals surface area contributed by atoms with E-state index in [4.69, 9.17) is 5.73 Å². The highest BCUT2D eigenvalue weighted by atomic mass is 15.2. The molecule has 5 heteroatoms. The van der Waals surface area contributed by atoms with Crippen LogP contribution in [0, 0.1) is 0 Å². The van der Waals surface area contributed by atoms with Crippen LogP contribution in [0.3, 0.4) is 0 Å². The zero-order valence-corrected chi connectivity index (χ0v) is 10.6. The quantitative estimate of drug-likeness (QED) is 0.821. The van der Waals surface area contributed by atoms with E-state index in [1.807, 2.05) is 6.07 Å². The van der Waals surface area contributed by atoms with E-state index in [-0.39, 0.29) is 0 Å². The van der Waals surface area contributed by atoms with Crippen molar-refractivity contribution in [2.45, 2.75) is 38.8 Å². The Hall–Kier alpha value is -1.36. The standard InChI is InChI=1S/C12H21N5/c1-9(2)16-11-6-12(15-8-14-11)17-5-3-4-10(17)7-13/h6,8-10H,3-5,7,13H2,1-2H3,(H,14,15,16). The Kier molecular flexibility index (Phi) is 3.78. The predicted octanol–water partition coefficient (Wildman–Crippen LogP) is 1.22. The highest BCUT2D eigenvalue weighted by Gasteiger charge is 2.24.